The van der Waals surface area contributed by atoms with Crippen molar-refractivity contribution >= 4 is 0 Å². The fraction of sp³-hybridized carbons (Fsp3) is 0.810. The standard InChI is InChI=1S/C42H78O3/c1-5-9-13-17-21-23-25-27-29-33-37-41(43-39-35-31-19-15-11-7-3)45-42(44-40-36-32-20-16-12-8-4)38-34-30-28-26-24-22-18-14-10-6-2/h17-18,21-26,41-42H,5-16,19-20,27-40H2,1-4H3/b21-17-,22-18-,25-23+,26-24+. The van der Waals surface area contributed by atoms with Crippen LogP contribution in [0.5, 0.6) is 0 Å². The van der Waals surface area contributed by atoms with E-state index in [-0.39, 0.29) is 12.6 Å². The summed E-state index contributed by atoms with van der Waals surface area (Å²) in [5.74, 6) is 0. The van der Waals surface area contributed by atoms with E-state index in [2.05, 4.69) is 76.3 Å². The molecule has 0 rings (SSSR count). The fourth-order valence-corrected chi connectivity index (χ4v) is 5.23. The number of hydrogen-bond acceptors (Lipinski definition) is 3. The van der Waals surface area contributed by atoms with E-state index in [9.17, 15) is 0 Å². The Labute approximate surface area is 282 Å². The van der Waals surface area contributed by atoms with E-state index in [1.165, 1.54) is 116 Å². The second-order valence-corrected chi connectivity index (χ2v) is 12.8. The van der Waals surface area contributed by atoms with Gasteiger partial charge in [0, 0.05) is 13.2 Å². The maximum atomic E-state index is 6.60. The second kappa shape index (κ2) is 39.0. The van der Waals surface area contributed by atoms with Crippen molar-refractivity contribution < 1.29 is 14.2 Å². The van der Waals surface area contributed by atoms with Crippen molar-refractivity contribution in [1.82, 2.24) is 0 Å². The maximum Gasteiger partial charge on any atom is 0.160 e. The minimum Gasteiger partial charge on any atom is -0.353 e. The van der Waals surface area contributed by atoms with E-state index in [0.717, 1.165) is 64.6 Å². The van der Waals surface area contributed by atoms with Gasteiger partial charge in [0.25, 0.3) is 0 Å². The lowest BCUT2D eigenvalue weighted by molar-refractivity contribution is -0.250. The van der Waals surface area contributed by atoms with Gasteiger partial charge in [-0.05, 0) is 77.0 Å². The molecule has 264 valence electrons. The molecule has 0 N–H and O–H groups in total. The molecule has 2 unspecified atom stereocenters. The molecule has 0 aliphatic heterocycles. The molecule has 2 atom stereocenters. The Morgan fingerprint density at radius 3 is 1.07 bits per heavy atom. The molecular weight excluding hydrogens is 552 g/mol. The summed E-state index contributed by atoms with van der Waals surface area (Å²) >= 11 is 0. The number of rotatable bonds is 36. The Balaban J connectivity index is 4.85. The molecule has 3 heteroatoms. The van der Waals surface area contributed by atoms with E-state index in [1.807, 2.05) is 0 Å². The van der Waals surface area contributed by atoms with Gasteiger partial charge in [0.05, 0.1) is 0 Å². The molecule has 0 aromatic heterocycles. The maximum absolute atomic E-state index is 6.60. The fourth-order valence-electron chi connectivity index (χ4n) is 5.23. The van der Waals surface area contributed by atoms with Crippen LogP contribution in [-0.4, -0.2) is 25.8 Å². The van der Waals surface area contributed by atoms with Crippen LogP contribution in [0.15, 0.2) is 48.6 Å². The van der Waals surface area contributed by atoms with Crippen molar-refractivity contribution in [3.63, 3.8) is 0 Å². The van der Waals surface area contributed by atoms with Crippen LogP contribution in [0, 0.1) is 0 Å². The van der Waals surface area contributed by atoms with Crippen LogP contribution in [0.2, 0.25) is 0 Å². The van der Waals surface area contributed by atoms with Gasteiger partial charge in [-0.25, -0.2) is 0 Å². The van der Waals surface area contributed by atoms with E-state index >= 15 is 0 Å². The molecule has 0 saturated carbocycles. The Kier molecular flexibility index (Phi) is 38.0. The molecule has 0 saturated heterocycles. The smallest absolute Gasteiger partial charge is 0.160 e. The summed E-state index contributed by atoms with van der Waals surface area (Å²) in [5, 5.41) is 0. The van der Waals surface area contributed by atoms with Gasteiger partial charge < -0.3 is 14.2 Å². The summed E-state index contributed by atoms with van der Waals surface area (Å²) < 4.78 is 19.4. The van der Waals surface area contributed by atoms with Gasteiger partial charge in [-0.15, -0.1) is 0 Å². The van der Waals surface area contributed by atoms with Gasteiger partial charge in [0.2, 0.25) is 0 Å². The molecule has 3 nitrogen and oxygen atoms in total. The van der Waals surface area contributed by atoms with Gasteiger partial charge in [-0.3, -0.25) is 0 Å². The third-order valence-electron chi connectivity index (χ3n) is 8.24. The molecule has 0 fully saturated rings. The zero-order valence-electron chi connectivity index (χ0n) is 30.8. The minimum absolute atomic E-state index is 0.165. The molecule has 0 aliphatic carbocycles. The third-order valence-corrected chi connectivity index (χ3v) is 8.24. The predicted octanol–water partition coefficient (Wildman–Crippen LogP) is 14.1. The summed E-state index contributed by atoms with van der Waals surface area (Å²) in [6, 6.07) is 0. The third kappa shape index (κ3) is 35.5. The average molecular weight is 631 g/mol. The molecule has 45 heavy (non-hydrogen) atoms. The highest BCUT2D eigenvalue weighted by Gasteiger charge is 2.18. The zero-order chi connectivity index (χ0) is 32.7. The Bertz CT molecular complexity index is 609. The molecule has 0 aromatic rings. The second-order valence-electron chi connectivity index (χ2n) is 12.8. The molecule has 0 spiro atoms. The van der Waals surface area contributed by atoms with E-state index in [0.29, 0.717) is 0 Å². The Hall–Kier alpha value is -1.16. The quantitative estimate of drug-likeness (QED) is 0.0391. The molecular formula is C42H78O3. The van der Waals surface area contributed by atoms with Gasteiger partial charge in [0.1, 0.15) is 0 Å². The number of unbranched alkanes of at least 4 members (excludes halogenated alkanes) is 18. The molecule has 0 aliphatic rings. The number of ether oxygens (including phenoxy) is 3. The molecule has 0 radical (unpaired) electrons. The first-order chi connectivity index (χ1) is 22.3. The van der Waals surface area contributed by atoms with Crippen molar-refractivity contribution in [2.24, 2.45) is 0 Å². The summed E-state index contributed by atoms with van der Waals surface area (Å²) in [6.07, 6.45) is 49.2. The van der Waals surface area contributed by atoms with Gasteiger partial charge in [-0.1, -0.05) is 166 Å². The Morgan fingerprint density at radius 2 is 0.689 bits per heavy atom. The average Bonchev–Trinajstić information content (AvgIpc) is 3.05. The van der Waals surface area contributed by atoms with E-state index < -0.39 is 0 Å². The highest BCUT2D eigenvalue weighted by atomic mass is 16.8. The first-order valence-electron chi connectivity index (χ1n) is 19.8. The van der Waals surface area contributed by atoms with Crippen molar-refractivity contribution in [1.29, 1.82) is 0 Å². The zero-order valence-corrected chi connectivity index (χ0v) is 30.8. The van der Waals surface area contributed by atoms with Crippen LogP contribution in [0.1, 0.15) is 195 Å². The molecule has 0 heterocycles. The van der Waals surface area contributed by atoms with Gasteiger partial charge in [-0.2, -0.15) is 0 Å². The van der Waals surface area contributed by atoms with Gasteiger partial charge in [0.15, 0.2) is 12.6 Å². The highest BCUT2D eigenvalue weighted by Crippen LogP contribution is 2.18. The summed E-state index contributed by atoms with van der Waals surface area (Å²) in [5.41, 5.74) is 0. The molecule has 0 amide bonds. The van der Waals surface area contributed by atoms with Gasteiger partial charge >= 0.3 is 0 Å². The monoisotopic (exact) mass is 631 g/mol. The first-order valence-corrected chi connectivity index (χ1v) is 19.8. The van der Waals surface area contributed by atoms with Crippen LogP contribution >= 0.6 is 0 Å². The molecule has 0 aromatic carbocycles. The Morgan fingerprint density at radius 1 is 0.356 bits per heavy atom. The van der Waals surface area contributed by atoms with Crippen LogP contribution in [-0.2, 0) is 14.2 Å². The first kappa shape index (κ1) is 43.8. The molecule has 0 bridgehead atoms. The SMILES string of the molecule is CCCC/C=C\C=C\CCCCC(OCCCCCCCC)OC(CCCC/C=C/C=C\CCCC)OCCCCCCCC. The van der Waals surface area contributed by atoms with Crippen molar-refractivity contribution in [3.05, 3.63) is 48.6 Å². The van der Waals surface area contributed by atoms with Crippen LogP contribution < -0.4 is 0 Å². The summed E-state index contributed by atoms with van der Waals surface area (Å²) in [6.45, 7) is 10.6. The lowest BCUT2D eigenvalue weighted by Gasteiger charge is -2.25. The number of hydrogen-bond donors (Lipinski definition) is 0. The van der Waals surface area contributed by atoms with E-state index in [1.54, 1.807) is 0 Å². The summed E-state index contributed by atoms with van der Waals surface area (Å²) in [7, 11) is 0. The minimum atomic E-state index is -0.165. The van der Waals surface area contributed by atoms with Crippen molar-refractivity contribution in [2.45, 2.75) is 207 Å². The largest absolute Gasteiger partial charge is 0.353 e. The highest BCUT2D eigenvalue weighted by molar-refractivity contribution is 5.02. The number of allylic oxidation sites excluding steroid dienone is 8. The summed E-state index contributed by atoms with van der Waals surface area (Å²) in [4.78, 5) is 0. The topological polar surface area (TPSA) is 27.7 Å². The van der Waals surface area contributed by atoms with Crippen LogP contribution in [0.3, 0.4) is 0 Å². The van der Waals surface area contributed by atoms with Crippen LogP contribution in [0.4, 0.5) is 0 Å². The van der Waals surface area contributed by atoms with Crippen LogP contribution in [0.25, 0.3) is 0 Å². The lowest BCUT2D eigenvalue weighted by Crippen LogP contribution is -2.28. The lowest BCUT2D eigenvalue weighted by atomic mass is 10.1. The normalized spacial score (nSPS) is 13.8. The predicted molar refractivity (Wildman–Crippen MR) is 200 cm³/mol. The van der Waals surface area contributed by atoms with E-state index in [4.69, 9.17) is 14.2 Å². The van der Waals surface area contributed by atoms with Crippen molar-refractivity contribution in [2.75, 3.05) is 13.2 Å². The van der Waals surface area contributed by atoms with Crippen molar-refractivity contribution in [3.8, 4) is 0 Å².